The molecule has 2 amide bonds. The van der Waals surface area contributed by atoms with Crippen molar-refractivity contribution in [3.8, 4) is 0 Å². The van der Waals surface area contributed by atoms with Gasteiger partial charge in [-0.3, -0.25) is 9.59 Å². The first kappa shape index (κ1) is 17.7. The number of hydrogen-bond acceptors (Lipinski definition) is 3. The zero-order chi connectivity index (χ0) is 18.8. The van der Waals surface area contributed by atoms with E-state index < -0.39 is 5.97 Å². The highest BCUT2D eigenvalue weighted by Crippen LogP contribution is 2.30. The molecule has 0 bridgehead atoms. The Labute approximate surface area is 151 Å². The van der Waals surface area contributed by atoms with Crippen LogP contribution in [-0.4, -0.2) is 29.4 Å². The molecule has 1 heterocycles. The number of carboxylic acids is 1. The summed E-state index contributed by atoms with van der Waals surface area (Å²) in [5, 5.41) is 12.0. The minimum Gasteiger partial charge on any atom is -0.478 e. The second kappa shape index (κ2) is 7.00. The van der Waals surface area contributed by atoms with Crippen LogP contribution in [-0.2, 0) is 11.2 Å². The second-order valence-electron chi connectivity index (χ2n) is 6.33. The Balaban J connectivity index is 1.85. The first-order chi connectivity index (χ1) is 12.4. The van der Waals surface area contributed by atoms with Gasteiger partial charge in [0.2, 0.25) is 5.91 Å². The highest BCUT2D eigenvalue weighted by atomic mass is 16.4. The molecule has 6 nitrogen and oxygen atoms in total. The van der Waals surface area contributed by atoms with Gasteiger partial charge in [0.25, 0.3) is 5.91 Å². The van der Waals surface area contributed by atoms with Crippen molar-refractivity contribution in [1.82, 2.24) is 0 Å². The van der Waals surface area contributed by atoms with Crippen LogP contribution < -0.4 is 10.2 Å². The third kappa shape index (κ3) is 3.44. The Bertz CT molecular complexity index is 905. The quantitative estimate of drug-likeness (QED) is 0.884. The number of carbonyl (C=O) groups is 3. The number of carbonyl (C=O) groups excluding carboxylic acids is 2. The van der Waals surface area contributed by atoms with E-state index >= 15 is 0 Å². The molecule has 0 saturated carbocycles. The number of fused-ring (bicyclic) bond motifs is 1. The highest BCUT2D eigenvalue weighted by molar-refractivity contribution is 6.06. The van der Waals surface area contributed by atoms with Gasteiger partial charge in [0.1, 0.15) is 0 Å². The smallest absolute Gasteiger partial charge is 0.335 e. The molecule has 3 rings (SSSR count). The predicted octanol–water partition coefficient (Wildman–Crippen LogP) is 3.24. The molecule has 1 aliphatic rings. The molecule has 2 aromatic rings. The number of carboxylic acid groups (broad SMARTS) is 1. The lowest BCUT2D eigenvalue weighted by Crippen LogP contribution is -2.34. The van der Waals surface area contributed by atoms with Gasteiger partial charge >= 0.3 is 5.97 Å². The summed E-state index contributed by atoms with van der Waals surface area (Å²) in [7, 11) is 0. The molecule has 0 saturated heterocycles. The van der Waals surface area contributed by atoms with Gasteiger partial charge in [-0.05, 0) is 67.8 Å². The Morgan fingerprint density at radius 2 is 1.85 bits per heavy atom. The summed E-state index contributed by atoms with van der Waals surface area (Å²) in [4.78, 5) is 37.4. The van der Waals surface area contributed by atoms with Crippen molar-refractivity contribution in [3.63, 3.8) is 0 Å². The third-order valence-corrected chi connectivity index (χ3v) is 4.44. The molecule has 2 N–H and O–H groups in total. The molecule has 2 aromatic carbocycles. The molecule has 0 fully saturated rings. The molecule has 0 aliphatic carbocycles. The molecule has 134 valence electrons. The van der Waals surface area contributed by atoms with Crippen LogP contribution in [0.2, 0.25) is 0 Å². The molecule has 0 atom stereocenters. The summed E-state index contributed by atoms with van der Waals surface area (Å²) < 4.78 is 0. The van der Waals surface area contributed by atoms with E-state index in [1.807, 2.05) is 19.1 Å². The summed E-state index contributed by atoms with van der Waals surface area (Å²) in [6.45, 7) is 4.29. The molecule has 0 aromatic heterocycles. The molecule has 26 heavy (non-hydrogen) atoms. The van der Waals surface area contributed by atoms with Crippen LogP contribution in [0.4, 0.5) is 11.4 Å². The Morgan fingerprint density at radius 1 is 1.12 bits per heavy atom. The van der Waals surface area contributed by atoms with E-state index in [9.17, 15) is 14.4 Å². The number of rotatable bonds is 4. The summed E-state index contributed by atoms with van der Waals surface area (Å²) in [6.07, 6.45) is 1.10. The Kier molecular flexibility index (Phi) is 4.75. The normalized spacial score (nSPS) is 13.3. The number of nitrogens with zero attached hydrogens (tertiary/aromatic N) is 1. The van der Waals surface area contributed by atoms with Gasteiger partial charge < -0.3 is 15.3 Å². The lowest BCUT2D eigenvalue weighted by Gasteiger charge is -2.28. The van der Waals surface area contributed by atoms with Crippen LogP contribution in [0, 0.1) is 6.92 Å². The number of aryl methyl sites for hydroxylation is 2. The van der Waals surface area contributed by atoms with Crippen LogP contribution in [0.25, 0.3) is 0 Å². The lowest BCUT2D eigenvalue weighted by atomic mass is 10.00. The largest absolute Gasteiger partial charge is 0.478 e. The van der Waals surface area contributed by atoms with Gasteiger partial charge in [0.15, 0.2) is 0 Å². The topological polar surface area (TPSA) is 86.7 Å². The fourth-order valence-electron chi connectivity index (χ4n) is 3.23. The van der Waals surface area contributed by atoms with Crippen molar-refractivity contribution in [2.45, 2.75) is 26.7 Å². The number of amides is 2. The van der Waals surface area contributed by atoms with Gasteiger partial charge in [-0.25, -0.2) is 4.79 Å². The van der Waals surface area contributed by atoms with Crippen molar-refractivity contribution in [2.24, 2.45) is 0 Å². The van der Waals surface area contributed by atoms with Crippen LogP contribution in [0.5, 0.6) is 0 Å². The van der Waals surface area contributed by atoms with E-state index in [4.69, 9.17) is 5.11 Å². The second-order valence-corrected chi connectivity index (χ2v) is 6.33. The lowest BCUT2D eigenvalue weighted by molar-refractivity contribution is -0.118. The highest BCUT2D eigenvalue weighted by Gasteiger charge is 2.23. The molecule has 0 radical (unpaired) electrons. The molecule has 6 heteroatoms. The average molecular weight is 352 g/mol. The van der Waals surface area contributed by atoms with Crippen LogP contribution in [0.3, 0.4) is 0 Å². The van der Waals surface area contributed by atoms with Gasteiger partial charge in [-0.2, -0.15) is 0 Å². The fraction of sp³-hybridized carbons (Fsp3) is 0.250. The standard InChI is InChI=1S/C20H20N2O4/c1-3-22-17-6-5-16(11-13(17)4-7-18(22)23)21-19(24)14-8-12(2)9-15(10-14)20(25)26/h5-6,8-11H,3-4,7H2,1-2H3,(H,21,24)(H,25,26). The molecule has 0 unspecified atom stereocenters. The molecule has 0 spiro atoms. The number of aromatic carboxylic acids is 1. The Morgan fingerprint density at radius 3 is 2.54 bits per heavy atom. The summed E-state index contributed by atoms with van der Waals surface area (Å²) in [6, 6.07) is 10.00. The van der Waals surface area contributed by atoms with Gasteiger partial charge in [-0.1, -0.05) is 0 Å². The summed E-state index contributed by atoms with van der Waals surface area (Å²) in [5.41, 5.74) is 3.60. The molecular weight excluding hydrogens is 332 g/mol. The predicted molar refractivity (Wildman–Crippen MR) is 98.9 cm³/mol. The van der Waals surface area contributed by atoms with E-state index in [2.05, 4.69) is 5.32 Å². The van der Waals surface area contributed by atoms with Gasteiger partial charge in [-0.15, -0.1) is 0 Å². The maximum Gasteiger partial charge on any atom is 0.335 e. The average Bonchev–Trinajstić information content (AvgIpc) is 2.61. The van der Waals surface area contributed by atoms with E-state index in [0.717, 1.165) is 11.3 Å². The van der Waals surface area contributed by atoms with E-state index in [0.29, 0.717) is 36.2 Å². The van der Waals surface area contributed by atoms with Gasteiger partial charge in [0, 0.05) is 29.9 Å². The van der Waals surface area contributed by atoms with Crippen molar-refractivity contribution in [2.75, 3.05) is 16.8 Å². The number of benzene rings is 2. The first-order valence-electron chi connectivity index (χ1n) is 8.48. The summed E-state index contributed by atoms with van der Waals surface area (Å²) >= 11 is 0. The van der Waals surface area contributed by atoms with Crippen molar-refractivity contribution in [1.29, 1.82) is 0 Å². The minimum atomic E-state index is -1.07. The minimum absolute atomic E-state index is 0.0812. The zero-order valence-electron chi connectivity index (χ0n) is 14.7. The molecule has 1 aliphatic heterocycles. The number of anilines is 2. The van der Waals surface area contributed by atoms with E-state index in [-0.39, 0.29) is 17.4 Å². The number of nitrogens with one attached hydrogen (secondary N) is 1. The van der Waals surface area contributed by atoms with E-state index in [1.54, 1.807) is 24.0 Å². The third-order valence-electron chi connectivity index (χ3n) is 4.44. The molecular formula is C20H20N2O4. The number of hydrogen-bond donors (Lipinski definition) is 2. The van der Waals surface area contributed by atoms with Gasteiger partial charge in [0.05, 0.1) is 5.56 Å². The first-order valence-corrected chi connectivity index (χ1v) is 8.48. The maximum atomic E-state index is 12.5. The Hall–Kier alpha value is -3.15. The fourth-order valence-corrected chi connectivity index (χ4v) is 3.23. The van der Waals surface area contributed by atoms with Crippen LogP contribution in [0.1, 0.15) is 45.2 Å². The SMILES string of the molecule is CCN1C(=O)CCc2cc(NC(=O)c3cc(C)cc(C(=O)O)c3)ccc21. The zero-order valence-corrected chi connectivity index (χ0v) is 14.7. The van der Waals surface area contributed by atoms with E-state index in [1.165, 1.54) is 12.1 Å². The van der Waals surface area contributed by atoms with Crippen molar-refractivity contribution < 1.29 is 19.5 Å². The summed E-state index contributed by atoms with van der Waals surface area (Å²) in [5.74, 6) is -1.33. The van der Waals surface area contributed by atoms with Crippen LogP contribution >= 0.6 is 0 Å². The van der Waals surface area contributed by atoms with Crippen molar-refractivity contribution >= 4 is 29.2 Å². The van der Waals surface area contributed by atoms with Crippen LogP contribution in [0.15, 0.2) is 36.4 Å². The monoisotopic (exact) mass is 352 g/mol. The van der Waals surface area contributed by atoms with Crippen molar-refractivity contribution in [3.05, 3.63) is 58.7 Å². The maximum absolute atomic E-state index is 12.5.